The maximum absolute atomic E-state index is 13.0. The van der Waals surface area contributed by atoms with Crippen molar-refractivity contribution in [2.24, 2.45) is 0 Å². The van der Waals surface area contributed by atoms with Crippen LogP contribution in [0, 0.1) is 0 Å². The highest BCUT2D eigenvalue weighted by Gasteiger charge is 2.40. The fraction of sp³-hybridized carbons (Fsp3) is 0.562. The van der Waals surface area contributed by atoms with Gasteiger partial charge in [-0.05, 0) is 57.5 Å². The number of likely N-dealkylation sites (tertiary alicyclic amines) is 1. The first-order valence-corrected chi connectivity index (χ1v) is 7.54. The molecule has 0 N–H and O–H groups in total. The lowest BCUT2D eigenvalue weighted by Crippen LogP contribution is -2.50. The number of carbonyl (C=O) groups is 1. The molecule has 0 aliphatic carbocycles. The number of carbonyl (C=O) groups excluding carboxylic acids is 1. The monoisotopic (exact) mass is 295 g/mol. The van der Waals surface area contributed by atoms with Crippen molar-refractivity contribution in [3.8, 4) is 5.75 Å². The molecule has 0 saturated carbocycles. The minimum atomic E-state index is -0.478. The fourth-order valence-corrected chi connectivity index (χ4v) is 3.06. The summed E-state index contributed by atoms with van der Waals surface area (Å²) in [6.07, 6.45) is 3.10. The Morgan fingerprint density at radius 1 is 1.40 bits per heavy atom. The maximum Gasteiger partial charge on any atom is 0.186 e. The number of hydrogen-bond donors (Lipinski definition) is 0. The average Bonchev–Trinajstić information content (AvgIpc) is 3.00. The van der Waals surface area contributed by atoms with E-state index in [0.717, 1.165) is 32.4 Å². The van der Waals surface area contributed by atoms with Gasteiger partial charge in [0.25, 0.3) is 0 Å². The Morgan fingerprint density at radius 3 is 2.60 bits per heavy atom. The van der Waals surface area contributed by atoms with E-state index in [1.54, 1.807) is 25.3 Å². The molecule has 1 fully saturated rings. The molecule has 20 heavy (non-hydrogen) atoms. The van der Waals surface area contributed by atoms with Crippen molar-refractivity contribution >= 4 is 17.4 Å². The molecule has 0 bridgehead atoms. The zero-order valence-electron chi connectivity index (χ0n) is 12.4. The highest BCUT2D eigenvalue weighted by molar-refractivity contribution is 6.31. The third-order valence-electron chi connectivity index (χ3n) is 4.39. The second-order valence-corrected chi connectivity index (χ2v) is 5.93. The molecule has 1 aliphatic heterocycles. The van der Waals surface area contributed by atoms with E-state index in [2.05, 4.69) is 11.8 Å². The quantitative estimate of drug-likeness (QED) is 0.774. The third-order valence-corrected chi connectivity index (χ3v) is 4.62. The van der Waals surface area contributed by atoms with Gasteiger partial charge in [0.2, 0.25) is 0 Å². The Balaban J connectivity index is 2.39. The molecule has 1 heterocycles. The van der Waals surface area contributed by atoms with Gasteiger partial charge in [-0.2, -0.15) is 0 Å². The van der Waals surface area contributed by atoms with Gasteiger partial charge in [0, 0.05) is 5.02 Å². The number of methoxy groups -OCH3 is 1. The summed E-state index contributed by atoms with van der Waals surface area (Å²) in [6.45, 7) is 6.06. The minimum Gasteiger partial charge on any atom is -0.496 e. The van der Waals surface area contributed by atoms with Crippen molar-refractivity contribution in [1.82, 2.24) is 4.90 Å². The van der Waals surface area contributed by atoms with Crippen molar-refractivity contribution in [3.63, 3.8) is 0 Å². The minimum absolute atomic E-state index is 0.0984. The Morgan fingerprint density at radius 2 is 2.05 bits per heavy atom. The topological polar surface area (TPSA) is 29.5 Å². The number of ether oxygens (including phenoxy) is 1. The Labute approximate surface area is 125 Å². The molecule has 0 spiro atoms. The van der Waals surface area contributed by atoms with Crippen molar-refractivity contribution in [2.75, 3.05) is 20.2 Å². The summed E-state index contributed by atoms with van der Waals surface area (Å²) in [5.74, 6) is 0.694. The standard InChI is InChI=1S/C16H22ClNO2/c1-4-16(2,18-9-5-6-10-18)15(19)13-11-12(17)7-8-14(13)20-3/h7-8,11H,4-6,9-10H2,1-3H3. The summed E-state index contributed by atoms with van der Waals surface area (Å²) >= 11 is 6.05. The van der Waals surface area contributed by atoms with Gasteiger partial charge >= 0.3 is 0 Å². The molecular formula is C16H22ClNO2. The summed E-state index contributed by atoms with van der Waals surface area (Å²) < 4.78 is 5.33. The van der Waals surface area contributed by atoms with E-state index in [-0.39, 0.29) is 5.78 Å². The van der Waals surface area contributed by atoms with Gasteiger partial charge in [-0.3, -0.25) is 9.69 Å². The first-order valence-electron chi connectivity index (χ1n) is 7.16. The van der Waals surface area contributed by atoms with Gasteiger partial charge < -0.3 is 4.74 Å². The molecule has 0 aromatic heterocycles. The van der Waals surface area contributed by atoms with Gasteiger partial charge in [0.05, 0.1) is 18.2 Å². The second-order valence-electron chi connectivity index (χ2n) is 5.50. The fourth-order valence-electron chi connectivity index (χ4n) is 2.89. The van der Waals surface area contributed by atoms with Crippen molar-refractivity contribution < 1.29 is 9.53 Å². The summed E-state index contributed by atoms with van der Waals surface area (Å²) in [7, 11) is 1.58. The molecule has 1 aliphatic rings. The summed E-state index contributed by atoms with van der Waals surface area (Å²) in [6, 6.07) is 5.22. The largest absolute Gasteiger partial charge is 0.496 e. The average molecular weight is 296 g/mol. The van der Waals surface area contributed by atoms with Crippen LogP contribution in [0.25, 0.3) is 0 Å². The summed E-state index contributed by atoms with van der Waals surface area (Å²) in [4.78, 5) is 15.3. The zero-order valence-corrected chi connectivity index (χ0v) is 13.2. The molecule has 1 aromatic carbocycles. The Kier molecular flexibility index (Phi) is 4.71. The van der Waals surface area contributed by atoms with Crippen LogP contribution in [0.1, 0.15) is 43.5 Å². The van der Waals surface area contributed by atoms with E-state index in [1.807, 2.05) is 6.92 Å². The van der Waals surface area contributed by atoms with Crippen LogP contribution in [0.5, 0.6) is 5.75 Å². The van der Waals surface area contributed by atoms with Crippen LogP contribution < -0.4 is 4.74 Å². The van der Waals surface area contributed by atoms with Gasteiger partial charge in [-0.1, -0.05) is 18.5 Å². The summed E-state index contributed by atoms with van der Waals surface area (Å²) in [5, 5.41) is 0.564. The van der Waals surface area contributed by atoms with Crippen LogP contribution in [0.3, 0.4) is 0 Å². The highest BCUT2D eigenvalue weighted by Crippen LogP contribution is 2.32. The molecular weight excluding hydrogens is 274 g/mol. The number of hydrogen-bond acceptors (Lipinski definition) is 3. The molecule has 1 saturated heterocycles. The van der Waals surface area contributed by atoms with Crippen LogP contribution in [0.2, 0.25) is 5.02 Å². The van der Waals surface area contributed by atoms with Crippen molar-refractivity contribution in [2.45, 2.75) is 38.6 Å². The number of benzene rings is 1. The first kappa shape index (κ1) is 15.3. The predicted octanol–water partition coefficient (Wildman–Crippen LogP) is 3.80. The van der Waals surface area contributed by atoms with Gasteiger partial charge in [-0.15, -0.1) is 0 Å². The molecule has 4 heteroatoms. The van der Waals surface area contributed by atoms with E-state index in [9.17, 15) is 4.79 Å². The van der Waals surface area contributed by atoms with Crippen LogP contribution in [-0.4, -0.2) is 36.4 Å². The molecule has 0 amide bonds. The normalized spacial score (nSPS) is 18.8. The highest BCUT2D eigenvalue weighted by atomic mass is 35.5. The SMILES string of the molecule is CCC(C)(C(=O)c1cc(Cl)ccc1OC)N1CCCC1. The third kappa shape index (κ3) is 2.70. The van der Waals surface area contributed by atoms with Gasteiger partial charge in [0.1, 0.15) is 5.75 Å². The van der Waals surface area contributed by atoms with Gasteiger partial charge in [-0.25, -0.2) is 0 Å². The zero-order chi connectivity index (χ0) is 14.8. The lowest BCUT2D eigenvalue weighted by atomic mass is 9.86. The number of Topliss-reactive ketones (excluding diaryl/α,β-unsaturated/α-hetero) is 1. The van der Waals surface area contributed by atoms with E-state index >= 15 is 0 Å². The van der Waals surface area contributed by atoms with Crippen molar-refractivity contribution in [1.29, 1.82) is 0 Å². The van der Waals surface area contributed by atoms with Crippen LogP contribution >= 0.6 is 11.6 Å². The lowest BCUT2D eigenvalue weighted by molar-refractivity contribution is 0.0644. The molecule has 2 rings (SSSR count). The number of halogens is 1. The lowest BCUT2D eigenvalue weighted by Gasteiger charge is -2.37. The van der Waals surface area contributed by atoms with Crippen LogP contribution in [0.4, 0.5) is 0 Å². The van der Waals surface area contributed by atoms with Crippen molar-refractivity contribution in [3.05, 3.63) is 28.8 Å². The maximum atomic E-state index is 13.0. The number of rotatable bonds is 5. The number of ketones is 1. The Bertz CT molecular complexity index is 497. The first-order chi connectivity index (χ1) is 9.52. The summed E-state index contributed by atoms with van der Waals surface area (Å²) in [5.41, 5.74) is 0.102. The van der Waals surface area contributed by atoms with Crippen LogP contribution in [-0.2, 0) is 0 Å². The molecule has 0 radical (unpaired) electrons. The molecule has 1 unspecified atom stereocenters. The second kappa shape index (κ2) is 6.15. The molecule has 110 valence electrons. The Hall–Kier alpha value is -1.06. The van der Waals surface area contributed by atoms with E-state index < -0.39 is 5.54 Å². The smallest absolute Gasteiger partial charge is 0.186 e. The predicted molar refractivity (Wildman–Crippen MR) is 81.8 cm³/mol. The number of nitrogens with zero attached hydrogens (tertiary/aromatic N) is 1. The van der Waals surface area contributed by atoms with Gasteiger partial charge in [0.15, 0.2) is 5.78 Å². The molecule has 1 atom stereocenters. The molecule has 1 aromatic rings. The van der Waals surface area contributed by atoms with E-state index in [0.29, 0.717) is 16.3 Å². The van der Waals surface area contributed by atoms with E-state index in [4.69, 9.17) is 16.3 Å². The molecule has 3 nitrogen and oxygen atoms in total. The van der Waals surface area contributed by atoms with E-state index in [1.165, 1.54) is 0 Å². The van der Waals surface area contributed by atoms with Crippen LogP contribution in [0.15, 0.2) is 18.2 Å².